The van der Waals surface area contributed by atoms with Gasteiger partial charge in [0.1, 0.15) is 11.5 Å². The minimum Gasteiger partial charge on any atom is -0.244 e. The quantitative estimate of drug-likeness (QED) is 0.721. The van der Waals surface area contributed by atoms with E-state index in [0.29, 0.717) is 20.8 Å². The van der Waals surface area contributed by atoms with Crippen molar-refractivity contribution >= 4 is 34.8 Å². The van der Waals surface area contributed by atoms with Gasteiger partial charge in [-0.25, -0.2) is 9.97 Å². The molecular weight excluding hydrogens is 254 g/mol. The molecule has 0 bridgehead atoms. The van der Waals surface area contributed by atoms with E-state index in [9.17, 15) is 0 Å². The van der Waals surface area contributed by atoms with Crippen molar-refractivity contribution in [2.45, 2.75) is 0 Å². The molecule has 0 aliphatic carbocycles. The summed E-state index contributed by atoms with van der Waals surface area (Å²) in [6.07, 6.45) is 3.01. The van der Waals surface area contributed by atoms with Gasteiger partial charge < -0.3 is 0 Å². The Bertz CT molecular complexity index is 480. The van der Waals surface area contributed by atoms with Crippen LogP contribution in [0.3, 0.4) is 0 Å². The highest BCUT2D eigenvalue weighted by molar-refractivity contribution is 6.35. The maximum Gasteiger partial charge on any atom is 0.140 e. The van der Waals surface area contributed by atoms with Gasteiger partial charge in [0.25, 0.3) is 0 Å². The SMILES string of the molecule is Clc1cc(Cl)cc(-c2cncnc2Cl)c1. The van der Waals surface area contributed by atoms with Crippen LogP contribution in [0, 0.1) is 0 Å². The van der Waals surface area contributed by atoms with Crippen molar-refractivity contribution in [1.82, 2.24) is 9.97 Å². The van der Waals surface area contributed by atoms with Gasteiger partial charge in [-0.1, -0.05) is 34.8 Å². The average molecular weight is 260 g/mol. The minimum absolute atomic E-state index is 0.378. The van der Waals surface area contributed by atoms with E-state index >= 15 is 0 Å². The van der Waals surface area contributed by atoms with Gasteiger partial charge in [0.15, 0.2) is 0 Å². The Morgan fingerprint density at radius 3 is 2.20 bits per heavy atom. The van der Waals surface area contributed by atoms with Crippen molar-refractivity contribution in [3.8, 4) is 11.1 Å². The van der Waals surface area contributed by atoms with E-state index in [2.05, 4.69) is 9.97 Å². The van der Waals surface area contributed by atoms with Gasteiger partial charge in [-0.2, -0.15) is 0 Å². The lowest BCUT2D eigenvalue weighted by Gasteiger charge is -2.03. The lowest BCUT2D eigenvalue weighted by atomic mass is 10.1. The molecule has 0 amide bonds. The van der Waals surface area contributed by atoms with E-state index in [1.165, 1.54) is 6.33 Å². The molecule has 0 spiro atoms. The zero-order chi connectivity index (χ0) is 10.8. The van der Waals surface area contributed by atoms with Crippen LogP contribution in [0.1, 0.15) is 0 Å². The molecule has 2 aromatic rings. The first kappa shape index (κ1) is 10.7. The number of halogens is 3. The second-order valence-corrected chi connectivity index (χ2v) is 4.12. The van der Waals surface area contributed by atoms with Gasteiger partial charge in [0.05, 0.1) is 0 Å². The third kappa shape index (κ3) is 2.40. The summed E-state index contributed by atoms with van der Waals surface area (Å²) >= 11 is 17.7. The van der Waals surface area contributed by atoms with E-state index < -0.39 is 0 Å². The molecule has 1 aromatic carbocycles. The molecule has 0 aliphatic heterocycles. The second-order valence-electron chi connectivity index (χ2n) is 2.89. The van der Waals surface area contributed by atoms with Crippen molar-refractivity contribution in [2.24, 2.45) is 0 Å². The molecular formula is C10H5Cl3N2. The van der Waals surface area contributed by atoms with Crippen LogP contribution in [-0.2, 0) is 0 Å². The summed E-state index contributed by atoms with van der Waals surface area (Å²) in [5.41, 5.74) is 1.52. The summed E-state index contributed by atoms with van der Waals surface area (Å²) in [6.45, 7) is 0. The monoisotopic (exact) mass is 258 g/mol. The molecule has 0 atom stereocenters. The first-order valence-corrected chi connectivity index (χ1v) is 5.22. The van der Waals surface area contributed by atoms with Gasteiger partial charge in [-0.05, 0) is 23.8 Å². The fraction of sp³-hybridized carbons (Fsp3) is 0. The van der Waals surface area contributed by atoms with Crippen molar-refractivity contribution in [3.05, 3.63) is 45.9 Å². The van der Waals surface area contributed by atoms with Crippen LogP contribution in [-0.4, -0.2) is 9.97 Å². The van der Waals surface area contributed by atoms with Crippen molar-refractivity contribution in [2.75, 3.05) is 0 Å². The molecule has 0 unspecified atom stereocenters. The molecule has 15 heavy (non-hydrogen) atoms. The largest absolute Gasteiger partial charge is 0.244 e. The van der Waals surface area contributed by atoms with Gasteiger partial charge in [-0.3, -0.25) is 0 Å². The van der Waals surface area contributed by atoms with E-state index in [-0.39, 0.29) is 0 Å². The van der Waals surface area contributed by atoms with Gasteiger partial charge in [0.2, 0.25) is 0 Å². The third-order valence-electron chi connectivity index (χ3n) is 1.84. The third-order valence-corrected chi connectivity index (χ3v) is 2.57. The Morgan fingerprint density at radius 1 is 0.933 bits per heavy atom. The fourth-order valence-corrected chi connectivity index (χ4v) is 1.95. The van der Waals surface area contributed by atoms with Crippen molar-refractivity contribution < 1.29 is 0 Å². The highest BCUT2D eigenvalue weighted by Gasteiger charge is 2.06. The Hall–Kier alpha value is -0.830. The molecule has 0 saturated carbocycles. The average Bonchev–Trinajstić information content (AvgIpc) is 2.16. The Kier molecular flexibility index (Phi) is 3.10. The van der Waals surface area contributed by atoms with Gasteiger partial charge >= 0.3 is 0 Å². The number of nitrogens with zero attached hydrogens (tertiary/aromatic N) is 2. The van der Waals surface area contributed by atoms with Crippen molar-refractivity contribution in [3.63, 3.8) is 0 Å². The number of rotatable bonds is 1. The van der Waals surface area contributed by atoms with Crippen LogP contribution in [0.25, 0.3) is 11.1 Å². The normalized spacial score (nSPS) is 10.3. The summed E-state index contributed by atoms with van der Waals surface area (Å²) in [5.74, 6) is 0. The lowest BCUT2D eigenvalue weighted by Crippen LogP contribution is -1.85. The highest BCUT2D eigenvalue weighted by Crippen LogP contribution is 2.30. The Morgan fingerprint density at radius 2 is 1.60 bits per heavy atom. The number of hydrogen-bond donors (Lipinski definition) is 0. The molecule has 0 saturated heterocycles. The van der Waals surface area contributed by atoms with Crippen LogP contribution < -0.4 is 0 Å². The summed E-state index contributed by atoms with van der Waals surface area (Å²) in [7, 11) is 0. The number of aromatic nitrogens is 2. The molecule has 0 N–H and O–H groups in total. The smallest absolute Gasteiger partial charge is 0.140 e. The van der Waals surface area contributed by atoms with Crippen LogP contribution in [0.4, 0.5) is 0 Å². The maximum atomic E-state index is 5.93. The standard InChI is InChI=1S/C10H5Cl3N2/c11-7-1-6(2-8(12)3-7)9-4-14-5-15-10(9)13/h1-5H. The van der Waals surface area contributed by atoms with Crippen LogP contribution >= 0.6 is 34.8 Å². The van der Waals surface area contributed by atoms with E-state index in [0.717, 1.165) is 5.56 Å². The predicted octanol–water partition coefficient (Wildman–Crippen LogP) is 4.10. The van der Waals surface area contributed by atoms with E-state index in [1.54, 1.807) is 24.4 Å². The molecule has 5 heteroatoms. The van der Waals surface area contributed by atoms with Crippen molar-refractivity contribution in [1.29, 1.82) is 0 Å². The topological polar surface area (TPSA) is 25.8 Å². The Balaban J connectivity index is 2.59. The van der Waals surface area contributed by atoms with Gasteiger partial charge in [0, 0.05) is 21.8 Å². The Labute approximate surface area is 102 Å². The maximum absolute atomic E-state index is 5.93. The van der Waals surface area contributed by atoms with E-state index in [4.69, 9.17) is 34.8 Å². The highest BCUT2D eigenvalue weighted by atomic mass is 35.5. The zero-order valence-electron chi connectivity index (χ0n) is 7.42. The molecule has 0 radical (unpaired) electrons. The summed E-state index contributed by atoms with van der Waals surface area (Å²) in [4.78, 5) is 7.78. The molecule has 1 aromatic heterocycles. The molecule has 2 rings (SSSR count). The van der Waals surface area contributed by atoms with Gasteiger partial charge in [-0.15, -0.1) is 0 Å². The number of hydrogen-bond acceptors (Lipinski definition) is 2. The number of benzene rings is 1. The lowest BCUT2D eigenvalue weighted by molar-refractivity contribution is 1.17. The molecule has 76 valence electrons. The first-order valence-electron chi connectivity index (χ1n) is 4.09. The fourth-order valence-electron chi connectivity index (χ4n) is 1.22. The van der Waals surface area contributed by atoms with Crippen LogP contribution in [0.15, 0.2) is 30.7 Å². The van der Waals surface area contributed by atoms with E-state index in [1.807, 2.05) is 0 Å². The zero-order valence-corrected chi connectivity index (χ0v) is 9.68. The molecule has 2 nitrogen and oxygen atoms in total. The predicted molar refractivity (Wildman–Crippen MR) is 62.5 cm³/mol. The second kappa shape index (κ2) is 4.35. The van der Waals surface area contributed by atoms with Crippen LogP contribution in [0.5, 0.6) is 0 Å². The summed E-state index contributed by atoms with van der Waals surface area (Å²) in [6, 6.07) is 5.18. The summed E-state index contributed by atoms with van der Waals surface area (Å²) < 4.78 is 0. The van der Waals surface area contributed by atoms with Crippen LogP contribution in [0.2, 0.25) is 15.2 Å². The molecule has 0 aliphatic rings. The molecule has 1 heterocycles. The first-order chi connectivity index (χ1) is 7.16. The molecule has 0 fully saturated rings. The summed E-state index contributed by atoms with van der Waals surface area (Å²) in [5, 5.41) is 1.48. The minimum atomic E-state index is 0.378.